The number of ketones is 1. The van der Waals surface area contributed by atoms with Crippen LogP contribution >= 0.6 is 0 Å². The molecule has 2 heterocycles. The number of rotatable bonds is 5. The summed E-state index contributed by atoms with van der Waals surface area (Å²) in [7, 11) is 2.05. The molecule has 0 amide bonds. The number of pyridine rings is 1. The van der Waals surface area contributed by atoms with Crippen molar-refractivity contribution in [2.24, 2.45) is 5.92 Å². The van der Waals surface area contributed by atoms with Gasteiger partial charge in [0, 0.05) is 31.4 Å². The van der Waals surface area contributed by atoms with Gasteiger partial charge in [-0.2, -0.15) is 0 Å². The Kier molecular flexibility index (Phi) is 4.49. The molecule has 1 unspecified atom stereocenters. The third kappa shape index (κ3) is 3.69. The summed E-state index contributed by atoms with van der Waals surface area (Å²) < 4.78 is 5.94. The highest BCUT2D eigenvalue weighted by Gasteiger charge is 2.53. The molecule has 116 valence electrons. The van der Waals surface area contributed by atoms with Crippen LogP contribution in [0.25, 0.3) is 0 Å². The van der Waals surface area contributed by atoms with Gasteiger partial charge in [0.15, 0.2) is 5.78 Å². The van der Waals surface area contributed by atoms with Gasteiger partial charge in [0.1, 0.15) is 5.60 Å². The van der Waals surface area contributed by atoms with Crippen molar-refractivity contribution in [1.29, 1.82) is 0 Å². The normalized spacial score (nSPS) is 23.7. The van der Waals surface area contributed by atoms with Gasteiger partial charge in [-0.05, 0) is 46.9 Å². The molecule has 0 N–H and O–H groups in total. The lowest BCUT2D eigenvalue weighted by Crippen LogP contribution is -2.40. The van der Waals surface area contributed by atoms with Crippen LogP contribution in [0, 0.1) is 5.92 Å². The first-order chi connectivity index (χ1) is 9.72. The molecule has 0 radical (unpaired) electrons. The lowest BCUT2D eigenvalue weighted by atomic mass is 9.85. The van der Waals surface area contributed by atoms with Crippen LogP contribution in [0.2, 0.25) is 0 Å². The number of likely N-dealkylation sites (N-methyl/N-ethyl adjacent to an activating group) is 1. The third-order valence-corrected chi connectivity index (χ3v) is 4.24. The minimum absolute atomic E-state index is 0.0822. The summed E-state index contributed by atoms with van der Waals surface area (Å²) in [5.74, 6) is 0.124. The largest absolute Gasteiger partial charge is 0.361 e. The molecule has 0 aliphatic carbocycles. The lowest BCUT2D eigenvalue weighted by molar-refractivity contribution is -0.132. The molecular weight excluding hydrogens is 264 g/mol. The number of nitrogens with zero attached hydrogens (tertiary/aromatic N) is 2. The van der Waals surface area contributed by atoms with Crippen LogP contribution < -0.4 is 0 Å². The summed E-state index contributed by atoms with van der Waals surface area (Å²) in [6.45, 7) is 9.36. The zero-order valence-corrected chi connectivity index (χ0v) is 13.7. The molecule has 4 nitrogen and oxygen atoms in total. The first kappa shape index (κ1) is 16.1. The number of Topliss-reactive ketones (excluding diaryl/α,β-unsaturated/α-hetero) is 1. The summed E-state index contributed by atoms with van der Waals surface area (Å²) in [5, 5.41) is 0. The quantitative estimate of drug-likeness (QED) is 0.834. The molecular formula is C17H26N2O2. The number of hydrogen-bond acceptors (Lipinski definition) is 4. The lowest BCUT2D eigenvalue weighted by Gasteiger charge is -2.28. The Hall–Kier alpha value is -1.26. The highest BCUT2D eigenvalue weighted by atomic mass is 16.5. The van der Waals surface area contributed by atoms with Crippen LogP contribution in [0.15, 0.2) is 24.4 Å². The average Bonchev–Trinajstić information content (AvgIpc) is 2.56. The van der Waals surface area contributed by atoms with Crippen molar-refractivity contribution < 1.29 is 9.53 Å². The highest BCUT2D eigenvalue weighted by molar-refractivity contribution is 5.91. The Morgan fingerprint density at radius 1 is 1.29 bits per heavy atom. The second kappa shape index (κ2) is 5.85. The van der Waals surface area contributed by atoms with Gasteiger partial charge in [0.2, 0.25) is 0 Å². The topological polar surface area (TPSA) is 42.4 Å². The fraction of sp³-hybridized carbons (Fsp3) is 0.647. The maximum Gasteiger partial charge on any atom is 0.171 e. The van der Waals surface area contributed by atoms with E-state index in [1.54, 1.807) is 0 Å². The molecule has 1 aliphatic rings. The number of carbonyl (C=O) groups excluding carboxylic acids is 1. The second-order valence-electron chi connectivity index (χ2n) is 6.97. The Balaban J connectivity index is 1.93. The molecule has 2 rings (SSSR count). The van der Waals surface area contributed by atoms with Crippen LogP contribution in [-0.4, -0.2) is 47.0 Å². The van der Waals surface area contributed by atoms with E-state index < -0.39 is 11.2 Å². The van der Waals surface area contributed by atoms with E-state index >= 15 is 0 Å². The average molecular weight is 290 g/mol. The van der Waals surface area contributed by atoms with Crippen molar-refractivity contribution >= 4 is 5.78 Å². The minimum atomic E-state index is -0.671. The van der Waals surface area contributed by atoms with Gasteiger partial charge in [0.25, 0.3) is 0 Å². The maximum absolute atomic E-state index is 12.5. The first-order valence-electron chi connectivity index (χ1n) is 7.55. The monoisotopic (exact) mass is 290 g/mol. The van der Waals surface area contributed by atoms with Crippen molar-refractivity contribution in [3.8, 4) is 0 Å². The maximum atomic E-state index is 12.5. The molecule has 1 aliphatic heterocycles. The van der Waals surface area contributed by atoms with E-state index in [9.17, 15) is 4.79 Å². The van der Waals surface area contributed by atoms with Gasteiger partial charge >= 0.3 is 0 Å². The summed E-state index contributed by atoms with van der Waals surface area (Å²) in [5.41, 5.74) is 0.00785. The number of ether oxygens (including phenoxy) is 1. The van der Waals surface area contributed by atoms with Crippen molar-refractivity contribution in [1.82, 2.24) is 9.88 Å². The molecule has 1 aromatic heterocycles. The molecule has 4 heteroatoms. The van der Waals surface area contributed by atoms with E-state index in [0.29, 0.717) is 0 Å². The Morgan fingerprint density at radius 2 is 2.00 bits per heavy atom. The van der Waals surface area contributed by atoms with Gasteiger partial charge in [-0.15, -0.1) is 0 Å². The summed E-state index contributed by atoms with van der Waals surface area (Å²) in [6, 6.07) is 5.96. The molecule has 1 fully saturated rings. The zero-order valence-electron chi connectivity index (χ0n) is 13.7. The number of carbonyl (C=O) groups is 1. The fourth-order valence-electron chi connectivity index (χ4n) is 3.07. The van der Waals surface area contributed by atoms with Gasteiger partial charge < -0.3 is 9.64 Å². The van der Waals surface area contributed by atoms with E-state index in [1.165, 1.54) is 0 Å². The van der Waals surface area contributed by atoms with E-state index in [1.807, 2.05) is 52.1 Å². The summed E-state index contributed by atoms with van der Waals surface area (Å²) in [4.78, 5) is 19.0. The Bertz CT molecular complexity index is 497. The first-order valence-corrected chi connectivity index (χ1v) is 7.55. The van der Waals surface area contributed by atoms with Crippen LogP contribution in [0.5, 0.6) is 0 Å². The van der Waals surface area contributed by atoms with Crippen LogP contribution in [-0.2, 0) is 16.0 Å². The number of hydrogen-bond donors (Lipinski definition) is 0. The van der Waals surface area contributed by atoms with E-state index in [2.05, 4.69) is 16.9 Å². The van der Waals surface area contributed by atoms with Crippen LogP contribution in [0.1, 0.15) is 33.4 Å². The van der Waals surface area contributed by atoms with Crippen LogP contribution in [0.4, 0.5) is 0 Å². The molecule has 1 aromatic rings. The smallest absolute Gasteiger partial charge is 0.171 e. The van der Waals surface area contributed by atoms with Crippen LogP contribution in [0.3, 0.4) is 0 Å². The molecule has 21 heavy (non-hydrogen) atoms. The van der Waals surface area contributed by atoms with E-state index in [0.717, 1.165) is 25.2 Å². The third-order valence-electron chi connectivity index (χ3n) is 4.24. The predicted octanol–water partition coefficient (Wildman–Crippen LogP) is 2.33. The van der Waals surface area contributed by atoms with Gasteiger partial charge in [0.05, 0.1) is 11.5 Å². The van der Waals surface area contributed by atoms with Crippen molar-refractivity contribution in [2.45, 2.75) is 45.3 Å². The highest BCUT2D eigenvalue weighted by Crippen LogP contribution is 2.39. The molecule has 0 spiro atoms. The number of aromatic nitrogens is 1. The van der Waals surface area contributed by atoms with E-state index in [4.69, 9.17) is 4.74 Å². The van der Waals surface area contributed by atoms with Crippen molar-refractivity contribution in [3.63, 3.8) is 0 Å². The van der Waals surface area contributed by atoms with E-state index in [-0.39, 0.29) is 11.7 Å². The summed E-state index contributed by atoms with van der Waals surface area (Å²) >= 11 is 0. The molecule has 0 saturated carbocycles. The minimum Gasteiger partial charge on any atom is -0.361 e. The SMILES string of the molecule is CN(CCc1ccccn1)CC1C(=O)C(C)(C)OC1(C)C. The predicted molar refractivity (Wildman–Crippen MR) is 83.2 cm³/mol. The summed E-state index contributed by atoms with van der Waals surface area (Å²) in [6.07, 6.45) is 2.71. The van der Waals surface area contributed by atoms with Gasteiger partial charge in [-0.1, -0.05) is 6.07 Å². The molecule has 1 atom stereocenters. The Labute approximate surface area is 127 Å². The second-order valence-corrected chi connectivity index (χ2v) is 6.97. The fourth-order valence-corrected chi connectivity index (χ4v) is 3.07. The van der Waals surface area contributed by atoms with Gasteiger partial charge in [-0.25, -0.2) is 0 Å². The molecule has 0 aromatic carbocycles. The van der Waals surface area contributed by atoms with Gasteiger partial charge in [-0.3, -0.25) is 9.78 Å². The molecule has 0 bridgehead atoms. The molecule has 1 saturated heterocycles. The Morgan fingerprint density at radius 3 is 2.52 bits per heavy atom. The van der Waals surface area contributed by atoms with Crippen molar-refractivity contribution in [2.75, 3.05) is 20.1 Å². The van der Waals surface area contributed by atoms with Crippen molar-refractivity contribution in [3.05, 3.63) is 30.1 Å². The standard InChI is InChI=1S/C17H26N2O2/c1-16(2)14(15(20)17(3,4)21-16)12-19(5)11-9-13-8-6-7-10-18-13/h6-8,10,14H,9,11-12H2,1-5H3. The zero-order chi connectivity index (χ0) is 15.7.